The van der Waals surface area contributed by atoms with Gasteiger partial charge in [-0.2, -0.15) is 5.10 Å². The molecule has 0 amide bonds. The molecule has 0 bridgehead atoms. The van der Waals surface area contributed by atoms with Crippen LogP contribution in [0.3, 0.4) is 0 Å². The molecule has 0 aliphatic carbocycles. The highest BCUT2D eigenvalue weighted by Gasteiger charge is 2.25. The second-order valence-electron chi connectivity index (χ2n) is 6.14. The molecule has 7 nitrogen and oxygen atoms in total. The highest BCUT2D eigenvalue weighted by Crippen LogP contribution is 2.36. The Kier molecular flexibility index (Phi) is 4.04. The van der Waals surface area contributed by atoms with Gasteiger partial charge in [0.2, 0.25) is 0 Å². The molecular weight excluding hydrogens is 294 g/mol. The lowest BCUT2D eigenvalue weighted by molar-refractivity contribution is 0.0697. The number of H-pyrrole nitrogens is 1. The van der Waals surface area contributed by atoms with Gasteiger partial charge in [-0.15, -0.1) is 0 Å². The number of rotatable bonds is 3. The minimum atomic E-state index is -1.06. The van der Waals surface area contributed by atoms with Crippen LogP contribution in [0, 0.1) is 6.92 Å². The number of piperidine rings is 1. The minimum absolute atomic E-state index is 0.0445. The molecule has 0 aromatic carbocycles. The van der Waals surface area contributed by atoms with E-state index in [1.54, 1.807) is 19.3 Å². The molecule has 1 aliphatic rings. The largest absolute Gasteiger partial charge is 0.478 e. The zero-order chi connectivity index (χ0) is 16.6. The average Bonchev–Trinajstić information content (AvgIpc) is 2.97. The monoisotopic (exact) mass is 315 g/mol. The first-order valence-corrected chi connectivity index (χ1v) is 7.69. The number of aromatic amines is 1. The summed E-state index contributed by atoms with van der Waals surface area (Å²) in [6.45, 7) is 3.85. The van der Waals surface area contributed by atoms with Gasteiger partial charge in [-0.05, 0) is 45.5 Å². The Morgan fingerprint density at radius 3 is 2.70 bits per heavy atom. The molecule has 0 radical (unpaired) electrons. The number of anilines is 1. The third-order valence-corrected chi connectivity index (χ3v) is 4.67. The second kappa shape index (κ2) is 6.00. The Morgan fingerprint density at radius 1 is 1.35 bits per heavy atom. The van der Waals surface area contributed by atoms with Crippen LogP contribution in [-0.4, -0.2) is 51.3 Å². The fourth-order valence-electron chi connectivity index (χ4n) is 3.28. The third kappa shape index (κ3) is 2.79. The van der Waals surface area contributed by atoms with E-state index in [2.05, 4.69) is 27.1 Å². The lowest BCUT2D eigenvalue weighted by atomic mass is 9.88. The summed E-state index contributed by atoms with van der Waals surface area (Å²) in [7, 11) is 2.12. The van der Waals surface area contributed by atoms with Crippen LogP contribution in [0.5, 0.6) is 0 Å². The van der Waals surface area contributed by atoms with E-state index in [1.807, 2.05) is 0 Å². The van der Waals surface area contributed by atoms with Crippen LogP contribution in [0.2, 0.25) is 0 Å². The van der Waals surface area contributed by atoms with Crippen molar-refractivity contribution in [2.75, 3.05) is 25.9 Å². The van der Waals surface area contributed by atoms with E-state index < -0.39 is 5.97 Å². The number of hydrogen-bond acceptors (Lipinski definition) is 5. The highest BCUT2D eigenvalue weighted by molar-refractivity contribution is 5.96. The summed E-state index contributed by atoms with van der Waals surface area (Å²) < 4.78 is 0. The first-order valence-electron chi connectivity index (χ1n) is 7.69. The van der Waals surface area contributed by atoms with Crippen molar-refractivity contribution in [3.63, 3.8) is 0 Å². The van der Waals surface area contributed by atoms with Crippen molar-refractivity contribution in [3.05, 3.63) is 29.2 Å². The van der Waals surface area contributed by atoms with Gasteiger partial charge in [0, 0.05) is 28.9 Å². The summed E-state index contributed by atoms with van der Waals surface area (Å²) in [4.78, 5) is 17.8. The number of nitrogens with zero attached hydrogens (tertiary/aromatic N) is 3. The molecule has 1 saturated heterocycles. The molecule has 7 heteroatoms. The number of carbonyl (C=O) groups is 1. The Bertz CT molecular complexity index is 732. The van der Waals surface area contributed by atoms with Crippen molar-refractivity contribution in [2.45, 2.75) is 25.7 Å². The molecular formula is C16H21N5O2. The predicted molar refractivity (Wildman–Crippen MR) is 87.4 cm³/mol. The molecule has 3 heterocycles. The number of nitrogens with two attached hydrogens (primary N) is 1. The average molecular weight is 315 g/mol. The van der Waals surface area contributed by atoms with Gasteiger partial charge in [-0.1, -0.05) is 0 Å². The van der Waals surface area contributed by atoms with Crippen molar-refractivity contribution < 1.29 is 9.90 Å². The number of aromatic nitrogens is 3. The van der Waals surface area contributed by atoms with Crippen LogP contribution in [0.4, 0.5) is 5.82 Å². The molecule has 23 heavy (non-hydrogen) atoms. The number of aromatic carboxylic acids is 1. The van der Waals surface area contributed by atoms with Crippen molar-refractivity contribution >= 4 is 11.8 Å². The first-order chi connectivity index (χ1) is 11.0. The van der Waals surface area contributed by atoms with Gasteiger partial charge < -0.3 is 15.7 Å². The van der Waals surface area contributed by atoms with Crippen LogP contribution < -0.4 is 5.73 Å². The summed E-state index contributed by atoms with van der Waals surface area (Å²) in [5.74, 6) is -0.615. The minimum Gasteiger partial charge on any atom is -0.478 e. The normalized spacial score (nSPS) is 16.6. The highest BCUT2D eigenvalue weighted by atomic mass is 16.4. The number of hydrogen-bond donors (Lipinski definition) is 3. The van der Waals surface area contributed by atoms with E-state index in [4.69, 9.17) is 5.73 Å². The molecule has 0 unspecified atom stereocenters. The summed E-state index contributed by atoms with van der Waals surface area (Å²) in [6.07, 6.45) is 5.50. The smallest absolute Gasteiger partial charge is 0.339 e. The Hall–Kier alpha value is -2.41. The lowest BCUT2D eigenvalue weighted by Crippen LogP contribution is -2.29. The van der Waals surface area contributed by atoms with E-state index >= 15 is 0 Å². The van der Waals surface area contributed by atoms with Gasteiger partial charge in [0.15, 0.2) is 0 Å². The summed E-state index contributed by atoms with van der Waals surface area (Å²) >= 11 is 0. The fourth-order valence-corrected chi connectivity index (χ4v) is 3.28. The number of nitrogen functional groups attached to an aromatic ring is 1. The molecule has 1 fully saturated rings. The Balaban J connectivity index is 2.03. The van der Waals surface area contributed by atoms with Gasteiger partial charge in [0.25, 0.3) is 0 Å². The first kappa shape index (κ1) is 15.5. The molecule has 122 valence electrons. The van der Waals surface area contributed by atoms with E-state index in [0.717, 1.165) is 42.8 Å². The lowest BCUT2D eigenvalue weighted by Gasteiger charge is -2.29. The van der Waals surface area contributed by atoms with Gasteiger partial charge in [-0.25, -0.2) is 9.78 Å². The molecule has 3 rings (SSSR count). The zero-order valence-corrected chi connectivity index (χ0v) is 13.3. The molecule has 2 aromatic heterocycles. The van der Waals surface area contributed by atoms with E-state index in [1.165, 1.54) is 0 Å². The van der Waals surface area contributed by atoms with E-state index in [9.17, 15) is 9.90 Å². The molecule has 4 N–H and O–H groups in total. The quantitative estimate of drug-likeness (QED) is 0.798. The predicted octanol–water partition coefficient (Wildman–Crippen LogP) is 1.87. The molecule has 0 spiro atoms. The number of likely N-dealkylation sites (tertiary alicyclic amines) is 1. The number of carboxylic acids is 1. The number of pyridine rings is 1. The maximum atomic E-state index is 11.4. The van der Waals surface area contributed by atoms with Crippen molar-refractivity contribution in [2.24, 2.45) is 0 Å². The molecule has 0 atom stereocenters. The number of carboxylic acid groups (broad SMARTS) is 1. The van der Waals surface area contributed by atoms with Crippen LogP contribution in [0.25, 0.3) is 11.1 Å². The van der Waals surface area contributed by atoms with Crippen LogP contribution in [0.1, 0.15) is 40.4 Å². The summed E-state index contributed by atoms with van der Waals surface area (Å²) in [6, 6.07) is 0. The van der Waals surface area contributed by atoms with E-state index in [0.29, 0.717) is 11.5 Å². The van der Waals surface area contributed by atoms with Gasteiger partial charge in [0.05, 0.1) is 6.20 Å². The SMILES string of the molecule is Cc1c(-c2cn[nH]c2C2CCN(C)CC2)cnc(N)c1C(=O)O. The Morgan fingerprint density at radius 2 is 2.04 bits per heavy atom. The summed E-state index contributed by atoms with van der Waals surface area (Å²) in [5, 5.41) is 16.7. The van der Waals surface area contributed by atoms with Crippen molar-refractivity contribution in [1.82, 2.24) is 20.1 Å². The van der Waals surface area contributed by atoms with Gasteiger partial charge >= 0.3 is 5.97 Å². The molecule has 1 aliphatic heterocycles. The standard InChI is InChI=1S/C16H21N5O2/c1-9-11(7-18-15(17)13(9)16(22)23)12-8-19-20-14(12)10-3-5-21(2)6-4-10/h7-8,10H,3-6H2,1-2H3,(H2,17,18)(H,19,20)(H,22,23). The van der Waals surface area contributed by atoms with Crippen molar-refractivity contribution in [3.8, 4) is 11.1 Å². The van der Waals surface area contributed by atoms with Gasteiger partial charge in [0.1, 0.15) is 11.4 Å². The molecule has 0 saturated carbocycles. The topological polar surface area (TPSA) is 108 Å². The second-order valence-corrected chi connectivity index (χ2v) is 6.14. The maximum absolute atomic E-state index is 11.4. The van der Waals surface area contributed by atoms with E-state index in [-0.39, 0.29) is 11.4 Å². The summed E-state index contributed by atoms with van der Waals surface area (Å²) in [5.41, 5.74) is 9.17. The van der Waals surface area contributed by atoms with Crippen LogP contribution in [0.15, 0.2) is 12.4 Å². The van der Waals surface area contributed by atoms with Crippen LogP contribution in [-0.2, 0) is 0 Å². The fraction of sp³-hybridized carbons (Fsp3) is 0.438. The van der Waals surface area contributed by atoms with Gasteiger partial charge in [-0.3, -0.25) is 5.10 Å². The zero-order valence-electron chi connectivity index (χ0n) is 13.3. The number of nitrogens with one attached hydrogen (secondary N) is 1. The van der Waals surface area contributed by atoms with Crippen LogP contribution >= 0.6 is 0 Å². The van der Waals surface area contributed by atoms with Crippen molar-refractivity contribution in [1.29, 1.82) is 0 Å². The Labute approximate surface area is 134 Å². The third-order valence-electron chi connectivity index (χ3n) is 4.67. The molecule has 2 aromatic rings. The maximum Gasteiger partial charge on any atom is 0.339 e.